The number of rotatable bonds is 2. The van der Waals surface area contributed by atoms with Crippen LogP contribution in [0.2, 0.25) is 0 Å². The maximum atomic E-state index is 10.1. The normalized spacial score (nSPS) is 17.6. The van der Waals surface area contributed by atoms with E-state index in [2.05, 4.69) is 35.8 Å². The molecule has 1 fully saturated rings. The van der Waals surface area contributed by atoms with E-state index >= 15 is 0 Å². The van der Waals surface area contributed by atoms with Crippen molar-refractivity contribution in [2.45, 2.75) is 38.3 Å². The van der Waals surface area contributed by atoms with Gasteiger partial charge in [-0.05, 0) is 20.8 Å². The second kappa shape index (κ2) is 4.40. The van der Waals surface area contributed by atoms with E-state index in [1.54, 1.807) is 6.20 Å². The number of nitrogens with zero attached hydrogens (tertiary/aromatic N) is 6. The van der Waals surface area contributed by atoms with Gasteiger partial charge in [0.25, 0.3) is 0 Å². The molecule has 1 aliphatic heterocycles. The van der Waals surface area contributed by atoms with Gasteiger partial charge in [0.15, 0.2) is 5.65 Å². The lowest BCUT2D eigenvalue weighted by atomic mass is 9.91. The Kier molecular flexibility index (Phi) is 2.88. The Hall–Kier alpha value is -2.20. The zero-order valence-electron chi connectivity index (χ0n) is 12.4. The smallest absolute Gasteiger partial charge is 0.163 e. The molecule has 2 aromatic rings. The Morgan fingerprint density at radius 3 is 2.71 bits per heavy atom. The summed E-state index contributed by atoms with van der Waals surface area (Å²) in [5.41, 5.74) is -0.307. The highest BCUT2D eigenvalue weighted by Crippen LogP contribution is 2.33. The summed E-state index contributed by atoms with van der Waals surface area (Å²) in [6.07, 6.45) is 3.42. The van der Waals surface area contributed by atoms with Crippen LogP contribution in [0.15, 0.2) is 12.5 Å². The van der Waals surface area contributed by atoms with Crippen molar-refractivity contribution in [1.29, 1.82) is 5.26 Å². The highest BCUT2D eigenvalue weighted by Gasteiger charge is 2.42. The molecule has 0 saturated carbocycles. The predicted molar refractivity (Wildman–Crippen MR) is 77.7 cm³/mol. The first-order valence-corrected chi connectivity index (χ1v) is 6.88. The van der Waals surface area contributed by atoms with E-state index in [-0.39, 0.29) is 12.0 Å². The van der Waals surface area contributed by atoms with Crippen molar-refractivity contribution in [2.24, 2.45) is 0 Å². The summed E-state index contributed by atoms with van der Waals surface area (Å²) in [6.45, 7) is 7.02. The van der Waals surface area contributed by atoms with E-state index in [0.29, 0.717) is 13.1 Å². The van der Waals surface area contributed by atoms with Crippen LogP contribution >= 0.6 is 0 Å². The fraction of sp³-hybridized carbons (Fsp3) is 0.571. The van der Waals surface area contributed by atoms with Crippen LogP contribution in [0.5, 0.6) is 0 Å². The summed E-state index contributed by atoms with van der Waals surface area (Å²) in [6, 6.07) is 2.02. The minimum Gasteiger partial charge on any atom is -0.385 e. The number of hydrogen-bond acceptors (Lipinski definition) is 6. The molecule has 0 spiro atoms. The van der Waals surface area contributed by atoms with Gasteiger partial charge in [-0.15, -0.1) is 0 Å². The molecule has 2 aromatic heterocycles. The van der Waals surface area contributed by atoms with Crippen LogP contribution in [0.3, 0.4) is 0 Å². The molecule has 0 radical (unpaired) electrons. The first kappa shape index (κ1) is 13.8. The number of fused-ring (bicyclic) bond motifs is 1. The molecule has 3 rings (SSSR count). The zero-order valence-corrected chi connectivity index (χ0v) is 12.4. The lowest BCUT2D eigenvalue weighted by Crippen LogP contribution is -2.62. The molecule has 1 saturated heterocycles. The van der Waals surface area contributed by atoms with E-state index in [4.69, 9.17) is 5.26 Å². The van der Waals surface area contributed by atoms with Gasteiger partial charge in [0, 0.05) is 0 Å². The van der Waals surface area contributed by atoms with Crippen molar-refractivity contribution in [1.82, 2.24) is 19.7 Å². The maximum absolute atomic E-state index is 10.1. The van der Waals surface area contributed by atoms with Crippen molar-refractivity contribution in [3.63, 3.8) is 0 Å². The minimum absolute atomic E-state index is 0.138. The Balaban J connectivity index is 1.96. The quantitative estimate of drug-likeness (QED) is 0.887. The minimum atomic E-state index is -0.925. The molecule has 3 heterocycles. The fourth-order valence-electron chi connectivity index (χ4n) is 2.65. The first-order valence-electron chi connectivity index (χ1n) is 6.88. The lowest BCUT2D eigenvalue weighted by molar-refractivity contribution is 0.0164. The third kappa shape index (κ3) is 2.21. The fourth-order valence-corrected chi connectivity index (χ4v) is 2.65. The average Bonchev–Trinajstić information content (AvgIpc) is 2.79. The highest BCUT2D eigenvalue weighted by atomic mass is 16.3. The summed E-state index contributed by atoms with van der Waals surface area (Å²) in [4.78, 5) is 10.6. The van der Waals surface area contributed by atoms with Gasteiger partial charge < -0.3 is 10.0 Å². The summed E-state index contributed by atoms with van der Waals surface area (Å²) in [5.74, 6) is 0.762. The Labute approximate surface area is 122 Å². The molecule has 0 unspecified atom stereocenters. The summed E-state index contributed by atoms with van der Waals surface area (Å²) in [7, 11) is 0. The highest BCUT2D eigenvalue weighted by molar-refractivity contribution is 5.87. The van der Waals surface area contributed by atoms with Gasteiger partial charge in [-0.2, -0.15) is 10.4 Å². The average molecular weight is 286 g/mol. The van der Waals surface area contributed by atoms with E-state index in [9.17, 15) is 5.11 Å². The van der Waals surface area contributed by atoms with Crippen molar-refractivity contribution < 1.29 is 5.11 Å². The van der Waals surface area contributed by atoms with E-state index in [1.807, 2.05) is 15.7 Å². The van der Waals surface area contributed by atoms with E-state index < -0.39 is 5.60 Å². The molecule has 0 aliphatic carbocycles. The summed E-state index contributed by atoms with van der Waals surface area (Å²) in [5, 5.41) is 24.1. The standard InChI is InChI=1S/C14H18N6O/c1-13(2,3)20-12-10(6-18-20)11(16-9-17-12)19-7-14(21,8-19)4-5-15/h6,9,21H,4,7-8H2,1-3H3. The predicted octanol–water partition coefficient (Wildman–Crippen LogP) is 1.05. The van der Waals surface area contributed by atoms with Crippen LogP contribution in [0.1, 0.15) is 27.2 Å². The monoisotopic (exact) mass is 286 g/mol. The molecule has 0 amide bonds. The first-order chi connectivity index (χ1) is 9.84. The van der Waals surface area contributed by atoms with Gasteiger partial charge in [-0.25, -0.2) is 14.6 Å². The number of aromatic nitrogens is 4. The van der Waals surface area contributed by atoms with Crippen LogP contribution < -0.4 is 4.90 Å². The number of nitriles is 1. The zero-order chi connectivity index (χ0) is 15.3. The third-order valence-corrected chi connectivity index (χ3v) is 3.66. The molecule has 7 nitrogen and oxygen atoms in total. The van der Waals surface area contributed by atoms with Crippen LogP contribution in [-0.4, -0.2) is 43.5 Å². The van der Waals surface area contributed by atoms with Crippen molar-refractivity contribution in [3.05, 3.63) is 12.5 Å². The third-order valence-electron chi connectivity index (χ3n) is 3.66. The Morgan fingerprint density at radius 2 is 2.10 bits per heavy atom. The van der Waals surface area contributed by atoms with Gasteiger partial charge in [0.05, 0.1) is 42.7 Å². The topological polar surface area (TPSA) is 90.9 Å². The molecule has 1 aliphatic rings. The molecule has 110 valence electrons. The van der Waals surface area contributed by atoms with Crippen LogP contribution in [-0.2, 0) is 5.54 Å². The van der Waals surface area contributed by atoms with Crippen molar-refractivity contribution in [3.8, 4) is 6.07 Å². The summed E-state index contributed by atoms with van der Waals surface area (Å²) < 4.78 is 1.87. The lowest BCUT2D eigenvalue weighted by Gasteiger charge is -2.46. The molecule has 1 N–H and O–H groups in total. The van der Waals surface area contributed by atoms with Crippen LogP contribution in [0.25, 0.3) is 11.0 Å². The largest absolute Gasteiger partial charge is 0.385 e. The number of hydrogen-bond donors (Lipinski definition) is 1. The van der Waals surface area contributed by atoms with Gasteiger partial charge in [0.2, 0.25) is 0 Å². The number of β-amino-alcohol motifs (C(OH)–C–C–N with tert-alkyl or cyclic N) is 1. The Morgan fingerprint density at radius 1 is 1.38 bits per heavy atom. The molecule has 7 heteroatoms. The second-order valence-corrected chi connectivity index (χ2v) is 6.58. The maximum Gasteiger partial charge on any atom is 0.163 e. The number of anilines is 1. The molecular formula is C14H18N6O. The summed E-state index contributed by atoms with van der Waals surface area (Å²) >= 11 is 0. The van der Waals surface area contributed by atoms with Crippen molar-refractivity contribution >= 4 is 16.9 Å². The van der Waals surface area contributed by atoms with Gasteiger partial charge >= 0.3 is 0 Å². The van der Waals surface area contributed by atoms with Gasteiger partial charge in [0.1, 0.15) is 17.7 Å². The molecule has 21 heavy (non-hydrogen) atoms. The number of aliphatic hydroxyl groups is 1. The SMILES string of the molecule is CC(C)(C)n1ncc2c(N3CC(O)(CC#N)C3)ncnc21. The van der Waals surface area contributed by atoms with Gasteiger partial charge in [-0.3, -0.25) is 0 Å². The van der Waals surface area contributed by atoms with Gasteiger partial charge in [-0.1, -0.05) is 0 Å². The van der Waals surface area contributed by atoms with E-state index in [1.165, 1.54) is 6.33 Å². The molecular weight excluding hydrogens is 268 g/mol. The molecule has 0 atom stereocenters. The Bertz CT molecular complexity index is 717. The van der Waals surface area contributed by atoms with Crippen LogP contribution in [0, 0.1) is 11.3 Å². The second-order valence-electron chi connectivity index (χ2n) is 6.58. The van der Waals surface area contributed by atoms with Crippen molar-refractivity contribution in [2.75, 3.05) is 18.0 Å². The molecule has 0 bridgehead atoms. The molecule has 0 aromatic carbocycles. The van der Waals surface area contributed by atoms with Crippen LogP contribution in [0.4, 0.5) is 5.82 Å². The van der Waals surface area contributed by atoms with E-state index in [0.717, 1.165) is 16.9 Å².